The van der Waals surface area contributed by atoms with E-state index in [0.717, 1.165) is 35.7 Å². The van der Waals surface area contributed by atoms with E-state index in [2.05, 4.69) is 10.1 Å². The molecule has 0 aliphatic carbocycles. The smallest absolute Gasteiger partial charge is 0.259 e. The molecule has 4 rings (SSSR count). The van der Waals surface area contributed by atoms with E-state index in [1.165, 1.54) is 6.20 Å². The van der Waals surface area contributed by atoms with Gasteiger partial charge in [-0.05, 0) is 19.1 Å². The Hall–Kier alpha value is -3.28. The molecule has 0 spiro atoms. The van der Waals surface area contributed by atoms with Gasteiger partial charge in [0.1, 0.15) is 11.3 Å². The highest BCUT2D eigenvalue weighted by Crippen LogP contribution is 2.29. The summed E-state index contributed by atoms with van der Waals surface area (Å²) in [6.07, 6.45) is 1.52. The van der Waals surface area contributed by atoms with Crippen LogP contribution in [0, 0.1) is 6.92 Å². The number of anilines is 1. The highest BCUT2D eigenvalue weighted by molar-refractivity contribution is 5.99. The number of amides is 1. The molecule has 0 saturated carbocycles. The third-order valence-electron chi connectivity index (χ3n) is 5.11. The van der Waals surface area contributed by atoms with Gasteiger partial charge in [-0.15, -0.1) is 0 Å². The molecule has 144 valence electrons. The lowest BCUT2D eigenvalue weighted by atomic mass is 10.1. The number of para-hydroxylation sites is 2. The van der Waals surface area contributed by atoms with Gasteiger partial charge in [-0.1, -0.05) is 47.1 Å². The van der Waals surface area contributed by atoms with Crippen LogP contribution in [-0.4, -0.2) is 49.3 Å². The molecule has 2 heterocycles. The number of hydrogen-bond donors (Lipinski definition) is 0. The molecule has 1 aromatic heterocycles. The van der Waals surface area contributed by atoms with Crippen molar-refractivity contribution in [2.24, 2.45) is 0 Å². The van der Waals surface area contributed by atoms with Gasteiger partial charge in [-0.25, -0.2) is 0 Å². The highest BCUT2D eigenvalue weighted by atomic mass is 16.5. The first-order valence-corrected chi connectivity index (χ1v) is 9.36. The summed E-state index contributed by atoms with van der Waals surface area (Å²) in [4.78, 5) is 17.2. The fourth-order valence-corrected chi connectivity index (χ4v) is 3.52. The van der Waals surface area contributed by atoms with Crippen LogP contribution in [0.25, 0.3) is 11.3 Å². The molecule has 6 heteroatoms. The van der Waals surface area contributed by atoms with Crippen molar-refractivity contribution in [2.75, 3.05) is 38.2 Å². The molecular formula is C22H23N3O3. The summed E-state index contributed by atoms with van der Waals surface area (Å²) in [6, 6.07) is 15.9. The minimum atomic E-state index is -0.0449. The molecule has 3 aromatic rings. The third-order valence-corrected chi connectivity index (χ3v) is 5.11. The van der Waals surface area contributed by atoms with Crippen molar-refractivity contribution in [3.63, 3.8) is 0 Å². The zero-order chi connectivity index (χ0) is 19.5. The number of nitrogens with zero attached hydrogens (tertiary/aromatic N) is 3. The Morgan fingerprint density at radius 2 is 1.75 bits per heavy atom. The van der Waals surface area contributed by atoms with Crippen LogP contribution in [0.1, 0.15) is 15.9 Å². The molecule has 2 aromatic carbocycles. The fourth-order valence-electron chi connectivity index (χ4n) is 3.52. The van der Waals surface area contributed by atoms with Crippen molar-refractivity contribution in [3.05, 3.63) is 65.9 Å². The molecule has 0 atom stereocenters. The Kier molecular flexibility index (Phi) is 5.02. The minimum Gasteiger partial charge on any atom is -0.495 e. The molecule has 1 saturated heterocycles. The molecule has 6 nitrogen and oxygen atoms in total. The number of rotatable bonds is 4. The van der Waals surface area contributed by atoms with Gasteiger partial charge in [-0.3, -0.25) is 4.79 Å². The minimum absolute atomic E-state index is 0.0449. The molecule has 1 aliphatic rings. The number of aromatic nitrogens is 1. The van der Waals surface area contributed by atoms with Gasteiger partial charge in [-0.2, -0.15) is 0 Å². The summed E-state index contributed by atoms with van der Waals surface area (Å²) in [7, 11) is 1.68. The standard InChI is InChI=1S/C22H23N3O3/c1-16-7-9-17(10-8-16)21-18(15-23-28-21)22(26)25-13-11-24(12-14-25)19-5-3-4-6-20(19)27-2/h3-10,15H,11-14H2,1-2H3. The van der Waals surface area contributed by atoms with E-state index in [0.29, 0.717) is 24.4 Å². The SMILES string of the molecule is COc1ccccc1N1CCN(C(=O)c2cnoc2-c2ccc(C)cc2)CC1. The van der Waals surface area contributed by atoms with E-state index >= 15 is 0 Å². The second-order valence-corrected chi connectivity index (χ2v) is 6.89. The zero-order valence-corrected chi connectivity index (χ0v) is 16.1. The summed E-state index contributed by atoms with van der Waals surface area (Å²) in [5.41, 5.74) is 3.58. The predicted molar refractivity (Wildman–Crippen MR) is 108 cm³/mol. The number of benzene rings is 2. The monoisotopic (exact) mass is 377 g/mol. The van der Waals surface area contributed by atoms with Crippen LogP contribution in [0.4, 0.5) is 5.69 Å². The lowest BCUT2D eigenvalue weighted by Crippen LogP contribution is -2.48. The Balaban J connectivity index is 1.48. The number of aryl methyl sites for hydroxylation is 1. The maximum Gasteiger partial charge on any atom is 0.259 e. The van der Waals surface area contributed by atoms with Gasteiger partial charge < -0.3 is 19.1 Å². The molecule has 0 bridgehead atoms. The molecule has 0 unspecified atom stereocenters. The van der Waals surface area contributed by atoms with Crippen molar-refractivity contribution >= 4 is 11.6 Å². The summed E-state index contributed by atoms with van der Waals surface area (Å²) >= 11 is 0. The first kappa shape index (κ1) is 18.1. The van der Waals surface area contributed by atoms with Crippen LogP contribution in [0.15, 0.2) is 59.3 Å². The third kappa shape index (κ3) is 3.45. The van der Waals surface area contributed by atoms with Gasteiger partial charge in [0.2, 0.25) is 0 Å². The average Bonchev–Trinajstić information content (AvgIpc) is 3.23. The van der Waals surface area contributed by atoms with Crippen molar-refractivity contribution < 1.29 is 14.1 Å². The van der Waals surface area contributed by atoms with Gasteiger partial charge >= 0.3 is 0 Å². The van der Waals surface area contributed by atoms with Crippen molar-refractivity contribution in [1.82, 2.24) is 10.1 Å². The molecule has 0 N–H and O–H groups in total. The highest BCUT2D eigenvalue weighted by Gasteiger charge is 2.27. The largest absolute Gasteiger partial charge is 0.495 e. The Bertz CT molecular complexity index is 957. The molecule has 28 heavy (non-hydrogen) atoms. The lowest BCUT2D eigenvalue weighted by molar-refractivity contribution is 0.0747. The Morgan fingerprint density at radius 3 is 2.46 bits per heavy atom. The summed E-state index contributed by atoms with van der Waals surface area (Å²) in [5, 5.41) is 3.87. The van der Waals surface area contributed by atoms with E-state index in [-0.39, 0.29) is 5.91 Å². The number of carbonyl (C=O) groups is 1. The predicted octanol–water partition coefficient (Wildman–Crippen LogP) is 3.62. The number of methoxy groups -OCH3 is 1. The van der Waals surface area contributed by atoms with Gasteiger partial charge in [0, 0.05) is 31.7 Å². The van der Waals surface area contributed by atoms with Crippen molar-refractivity contribution in [2.45, 2.75) is 6.92 Å². The first-order chi connectivity index (χ1) is 13.7. The normalized spacial score (nSPS) is 14.2. The van der Waals surface area contributed by atoms with Crippen molar-refractivity contribution in [3.8, 4) is 17.1 Å². The van der Waals surface area contributed by atoms with Crippen LogP contribution < -0.4 is 9.64 Å². The zero-order valence-electron chi connectivity index (χ0n) is 16.1. The molecule has 1 fully saturated rings. The van der Waals surface area contributed by atoms with E-state index < -0.39 is 0 Å². The number of hydrogen-bond acceptors (Lipinski definition) is 5. The van der Waals surface area contributed by atoms with Crippen LogP contribution in [-0.2, 0) is 0 Å². The van der Waals surface area contributed by atoms with E-state index in [1.54, 1.807) is 7.11 Å². The maximum atomic E-state index is 13.1. The van der Waals surface area contributed by atoms with Crippen LogP contribution in [0.3, 0.4) is 0 Å². The number of ether oxygens (including phenoxy) is 1. The average molecular weight is 377 g/mol. The fraction of sp³-hybridized carbons (Fsp3) is 0.273. The van der Waals surface area contributed by atoms with Crippen molar-refractivity contribution in [1.29, 1.82) is 0 Å². The summed E-state index contributed by atoms with van der Waals surface area (Å²) in [6.45, 7) is 4.79. The number of piperazine rings is 1. The maximum absolute atomic E-state index is 13.1. The molecule has 1 amide bonds. The first-order valence-electron chi connectivity index (χ1n) is 9.36. The summed E-state index contributed by atoms with van der Waals surface area (Å²) in [5.74, 6) is 1.33. The topological polar surface area (TPSA) is 58.8 Å². The van der Waals surface area contributed by atoms with Gasteiger partial charge in [0.05, 0.1) is 19.0 Å². The quantitative estimate of drug-likeness (QED) is 0.695. The summed E-state index contributed by atoms with van der Waals surface area (Å²) < 4.78 is 10.9. The van der Waals surface area contributed by atoms with Crippen LogP contribution in [0.5, 0.6) is 5.75 Å². The molecule has 0 radical (unpaired) electrons. The second-order valence-electron chi connectivity index (χ2n) is 6.89. The molecule has 1 aliphatic heterocycles. The van der Waals surface area contributed by atoms with Crippen LogP contribution in [0.2, 0.25) is 0 Å². The van der Waals surface area contributed by atoms with Crippen LogP contribution >= 0.6 is 0 Å². The second kappa shape index (κ2) is 7.76. The Morgan fingerprint density at radius 1 is 1.04 bits per heavy atom. The van der Waals surface area contributed by atoms with E-state index in [9.17, 15) is 4.79 Å². The van der Waals surface area contributed by atoms with E-state index in [1.807, 2.05) is 60.4 Å². The van der Waals surface area contributed by atoms with Gasteiger partial charge in [0.25, 0.3) is 5.91 Å². The molecular weight excluding hydrogens is 354 g/mol. The van der Waals surface area contributed by atoms with E-state index in [4.69, 9.17) is 9.26 Å². The Labute approximate surface area is 164 Å². The van der Waals surface area contributed by atoms with Gasteiger partial charge in [0.15, 0.2) is 5.76 Å². The lowest BCUT2D eigenvalue weighted by Gasteiger charge is -2.36. The number of carbonyl (C=O) groups excluding carboxylic acids is 1.